The number of nitrogens with one attached hydrogen (secondary N) is 1. The summed E-state index contributed by atoms with van der Waals surface area (Å²) < 4.78 is 10.7. The van der Waals surface area contributed by atoms with Crippen molar-refractivity contribution in [2.75, 3.05) is 33.9 Å². The third-order valence-electron chi connectivity index (χ3n) is 3.12. The van der Waals surface area contributed by atoms with Gasteiger partial charge in [-0.05, 0) is 24.5 Å². The topological polar surface area (TPSA) is 42.8 Å². The molecular weight excluding hydrogens is 228 g/mol. The zero-order valence-corrected chi connectivity index (χ0v) is 11.0. The fraction of sp³-hybridized carbons (Fsp3) is 0.500. The number of benzene rings is 1. The van der Waals surface area contributed by atoms with Crippen LogP contribution < -0.4 is 14.8 Å². The molecule has 1 aliphatic heterocycles. The minimum Gasteiger partial charge on any atom is -0.493 e. The summed E-state index contributed by atoms with van der Waals surface area (Å²) in [6.45, 7) is 2.80. The quantitative estimate of drug-likeness (QED) is 0.862. The average molecular weight is 248 g/mol. The van der Waals surface area contributed by atoms with Gasteiger partial charge in [0.25, 0.3) is 0 Å². The van der Waals surface area contributed by atoms with Crippen LogP contribution in [0.5, 0.6) is 11.5 Å². The molecule has 98 valence electrons. The summed E-state index contributed by atoms with van der Waals surface area (Å²) in [4.78, 5) is 4.61. The molecule has 4 nitrogen and oxygen atoms in total. The molecule has 0 unspecified atom stereocenters. The van der Waals surface area contributed by atoms with Crippen molar-refractivity contribution < 1.29 is 9.47 Å². The Morgan fingerprint density at radius 1 is 1.28 bits per heavy atom. The third kappa shape index (κ3) is 3.01. The highest BCUT2D eigenvalue weighted by molar-refractivity contribution is 5.88. The summed E-state index contributed by atoms with van der Waals surface area (Å²) in [5, 5.41) is 3.29. The predicted molar refractivity (Wildman–Crippen MR) is 73.0 cm³/mol. The molecule has 0 atom stereocenters. The van der Waals surface area contributed by atoms with Crippen LogP contribution in [0.4, 0.5) is 0 Å². The van der Waals surface area contributed by atoms with Crippen molar-refractivity contribution in [3.63, 3.8) is 0 Å². The molecule has 1 N–H and O–H groups in total. The Bertz CT molecular complexity index is 422. The van der Waals surface area contributed by atoms with Crippen LogP contribution in [0.1, 0.15) is 12.0 Å². The fourth-order valence-corrected chi connectivity index (χ4v) is 2.17. The molecule has 18 heavy (non-hydrogen) atoms. The van der Waals surface area contributed by atoms with Crippen molar-refractivity contribution in [2.45, 2.75) is 12.8 Å². The maximum absolute atomic E-state index is 5.40. The number of hydrogen-bond donors (Lipinski definition) is 1. The molecule has 0 aliphatic carbocycles. The van der Waals surface area contributed by atoms with Crippen LogP contribution in [-0.2, 0) is 6.42 Å². The molecule has 1 saturated heterocycles. The van der Waals surface area contributed by atoms with Gasteiger partial charge in [-0.3, -0.25) is 4.99 Å². The average Bonchev–Trinajstić information content (AvgIpc) is 2.91. The Balaban J connectivity index is 2.02. The Morgan fingerprint density at radius 3 is 2.83 bits per heavy atom. The molecule has 1 aromatic rings. The first-order valence-corrected chi connectivity index (χ1v) is 6.28. The first-order valence-electron chi connectivity index (χ1n) is 6.28. The highest BCUT2D eigenvalue weighted by atomic mass is 16.5. The van der Waals surface area contributed by atoms with Crippen molar-refractivity contribution in [2.24, 2.45) is 4.99 Å². The van der Waals surface area contributed by atoms with Gasteiger partial charge in [-0.2, -0.15) is 0 Å². The summed E-state index contributed by atoms with van der Waals surface area (Å²) in [5.74, 6) is 1.61. The van der Waals surface area contributed by atoms with Gasteiger partial charge in [0.05, 0.1) is 14.2 Å². The molecule has 0 saturated carbocycles. The van der Waals surface area contributed by atoms with Gasteiger partial charge in [-0.15, -0.1) is 0 Å². The molecule has 0 radical (unpaired) electrons. The van der Waals surface area contributed by atoms with Crippen molar-refractivity contribution in [3.05, 3.63) is 23.8 Å². The molecule has 0 aromatic heterocycles. The van der Waals surface area contributed by atoms with E-state index in [0.29, 0.717) is 0 Å². The van der Waals surface area contributed by atoms with Crippen molar-refractivity contribution in [1.82, 2.24) is 5.32 Å². The predicted octanol–water partition coefficient (Wildman–Crippen LogP) is 1.68. The minimum atomic E-state index is 0.783. The lowest BCUT2D eigenvalue weighted by molar-refractivity contribution is 0.352. The summed E-state index contributed by atoms with van der Waals surface area (Å²) in [6, 6.07) is 5.96. The van der Waals surface area contributed by atoms with E-state index in [2.05, 4.69) is 16.4 Å². The summed E-state index contributed by atoms with van der Waals surface area (Å²) in [7, 11) is 3.33. The van der Waals surface area contributed by atoms with Gasteiger partial charge in [-0.1, -0.05) is 12.1 Å². The van der Waals surface area contributed by atoms with Crippen molar-refractivity contribution in [1.29, 1.82) is 0 Å². The Morgan fingerprint density at radius 2 is 2.17 bits per heavy atom. The van der Waals surface area contributed by atoms with Crippen LogP contribution in [0.3, 0.4) is 0 Å². The summed E-state index contributed by atoms with van der Waals surface area (Å²) in [5.41, 5.74) is 2.42. The smallest absolute Gasteiger partial charge is 0.163 e. The van der Waals surface area contributed by atoms with Gasteiger partial charge in [-0.25, -0.2) is 0 Å². The highest BCUT2D eigenvalue weighted by Gasteiger charge is 2.10. The number of methoxy groups -OCH3 is 2. The van der Waals surface area contributed by atoms with Crippen LogP contribution in [0.2, 0.25) is 0 Å². The van der Waals surface area contributed by atoms with E-state index in [0.717, 1.165) is 49.5 Å². The number of ether oxygens (including phenoxy) is 2. The second-order valence-corrected chi connectivity index (χ2v) is 4.28. The Hall–Kier alpha value is -1.55. The molecule has 1 heterocycles. The second kappa shape index (κ2) is 6.40. The Labute approximate surface area is 108 Å². The lowest BCUT2D eigenvalue weighted by atomic mass is 10.1. The normalized spacial score (nSPS) is 17.1. The molecule has 4 heteroatoms. The molecule has 1 fully saturated rings. The molecule has 2 rings (SSSR count). The molecule has 1 aliphatic rings. The number of aliphatic imine (C=N–C) groups is 1. The van der Waals surface area contributed by atoms with E-state index < -0.39 is 0 Å². The number of para-hydroxylation sites is 1. The number of hydrogen-bond acceptors (Lipinski definition) is 4. The zero-order chi connectivity index (χ0) is 12.8. The molecule has 0 amide bonds. The van der Waals surface area contributed by atoms with Gasteiger partial charge in [0.15, 0.2) is 11.5 Å². The fourth-order valence-electron chi connectivity index (χ4n) is 2.17. The van der Waals surface area contributed by atoms with Gasteiger partial charge < -0.3 is 14.8 Å². The maximum Gasteiger partial charge on any atom is 0.163 e. The molecule has 1 aromatic carbocycles. The van der Waals surface area contributed by atoms with Gasteiger partial charge in [0.2, 0.25) is 0 Å². The van der Waals surface area contributed by atoms with Gasteiger partial charge in [0, 0.05) is 25.3 Å². The SMILES string of the molecule is COc1cccc(CCN=C2CCNC2)c1OC. The first kappa shape index (κ1) is 12.9. The highest BCUT2D eigenvalue weighted by Crippen LogP contribution is 2.30. The molecular formula is C14H20N2O2. The minimum absolute atomic E-state index is 0.783. The van der Waals surface area contributed by atoms with E-state index in [-0.39, 0.29) is 0 Å². The monoisotopic (exact) mass is 248 g/mol. The van der Waals surface area contributed by atoms with Crippen LogP contribution in [0.15, 0.2) is 23.2 Å². The van der Waals surface area contributed by atoms with Gasteiger partial charge >= 0.3 is 0 Å². The van der Waals surface area contributed by atoms with E-state index in [9.17, 15) is 0 Å². The van der Waals surface area contributed by atoms with Crippen LogP contribution in [-0.4, -0.2) is 39.6 Å². The maximum atomic E-state index is 5.40. The standard InChI is InChI=1S/C14H20N2O2/c1-17-13-5-3-4-11(14(13)18-2)6-9-16-12-7-8-15-10-12/h3-5,15H,6-10H2,1-2H3. The zero-order valence-electron chi connectivity index (χ0n) is 11.0. The lowest BCUT2D eigenvalue weighted by Gasteiger charge is -2.11. The lowest BCUT2D eigenvalue weighted by Crippen LogP contribution is -2.09. The van der Waals surface area contributed by atoms with E-state index in [1.807, 2.05) is 12.1 Å². The summed E-state index contributed by atoms with van der Waals surface area (Å²) >= 11 is 0. The van der Waals surface area contributed by atoms with Gasteiger partial charge in [0.1, 0.15) is 0 Å². The van der Waals surface area contributed by atoms with E-state index in [4.69, 9.17) is 9.47 Å². The summed E-state index contributed by atoms with van der Waals surface area (Å²) in [6.07, 6.45) is 1.96. The van der Waals surface area contributed by atoms with E-state index in [1.165, 1.54) is 5.71 Å². The van der Waals surface area contributed by atoms with Crippen LogP contribution in [0.25, 0.3) is 0 Å². The largest absolute Gasteiger partial charge is 0.493 e. The van der Waals surface area contributed by atoms with Crippen LogP contribution in [0, 0.1) is 0 Å². The van der Waals surface area contributed by atoms with Crippen LogP contribution >= 0.6 is 0 Å². The molecule has 0 bridgehead atoms. The van der Waals surface area contributed by atoms with Crippen molar-refractivity contribution in [3.8, 4) is 11.5 Å². The first-order chi connectivity index (χ1) is 8.85. The third-order valence-corrected chi connectivity index (χ3v) is 3.12. The Kier molecular flexibility index (Phi) is 4.59. The number of nitrogens with zero attached hydrogens (tertiary/aromatic N) is 1. The molecule has 0 spiro atoms. The van der Waals surface area contributed by atoms with E-state index >= 15 is 0 Å². The van der Waals surface area contributed by atoms with E-state index in [1.54, 1.807) is 14.2 Å². The number of rotatable bonds is 5. The second-order valence-electron chi connectivity index (χ2n) is 4.28. The van der Waals surface area contributed by atoms with Crippen molar-refractivity contribution >= 4 is 5.71 Å².